The molecule has 1 fully saturated rings. The number of rotatable bonds is 7. The first-order valence-electron chi connectivity index (χ1n) is 12.0. The molecule has 3 aromatic rings. The molecular weight excluding hydrogens is 454 g/mol. The van der Waals surface area contributed by atoms with Crippen molar-refractivity contribution in [2.45, 2.75) is 33.7 Å². The fraction of sp³-hybridized carbons (Fsp3) is 0.267. The molecular formula is C30H31NO5. The normalized spacial score (nSPS) is 17.1. The number of Topliss-reactive ketones (excluding diaryl/α,β-unsaturated/α-hetero) is 1. The molecule has 4 rings (SSSR count). The maximum Gasteiger partial charge on any atom is 0.300 e. The van der Waals surface area contributed by atoms with E-state index in [9.17, 15) is 14.7 Å². The minimum Gasteiger partial charge on any atom is -0.507 e. The number of nitrogens with zero attached hydrogens (tertiary/aromatic N) is 1. The summed E-state index contributed by atoms with van der Waals surface area (Å²) < 4.78 is 11.2. The van der Waals surface area contributed by atoms with Gasteiger partial charge in [-0.15, -0.1) is 0 Å². The summed E-state index contributed by atoms with van der Waals surface area (Å²) in [5, 5.41) is 11.4. The number of ether oxygens (including phenoxy) is 2. The molecule has 1 amide bonds. The van der Waals surface area contributed by atoms with Crippen LogP contribution in [0.25, 0.3) is 5.76 Å². The van der Waals surface area contributed by atoms with E-state index in [4.69, 9.17) is 9.47 Å². The summed E-state index contributed by atoms with van der Waals surface area (Å²) in [4.78, 5) is 28.2. The van der Waals surface area contributed by atoms with Crippen LogP contribution in [0.15, 0.2) is 72.3 Å². The van der Waals surface area contributed by atoms with E-state index in [0.29, 0.717) is 35.3 Å². The van der Waals surface area contributed by atoms with Crippen LogP contribution in [0.5, 0.6) is 11.5 Å². The number of amides is 1. The number of aliphatic hydroxyl groups excluding tert-OH is 1. The third kappa shape index (κ3) is 4.85. The Morgan fingerprint density at radius 2 is 1.75 bits per heavy atom. The Balaban J connectivity index is 1.86. The lowest BCUT2D eigenvalue weighted by Crippen LogP contribution is -2.29. The number of methoxy groups -OCH3 is 1. The fourth-order valence-corrected chi connectivity index (χ4v) is 4.39. The van der Waals surface area contributed by atoms with Gasteiger partial charge in [-0.3, -0.25) is 14.5 Å². The Morgan fingerprint density at radius 3 is 2.42 bits per heavy atom. The number of anilines is 1. The van der Waals surface area contributed by atoms with E-state index in [0.717, 1.165) is 16.7 Å². The lowest BCUT2D eigenvalue weighted by Gasteiger charge is -2.26. The Bertz CT molecular complexity index is 1340. The zero-order valence-corrected chi connectivity index (χ0v) is 21.2. The standard InChI is InChI=1S/C30H31NO5/c1-18(2)17-36-25-13-12-22(15-20(25)4)28(32)26-27(21-9-6-8-19(3)14-21)31(30(34)29(26)33)23-10-7-11-24(16-23)35-5/h6-16,18,27,32H,17H2,1-5H3/b28-26+. The highest BCUT2D eigenvalue weighted by molar-refractivity contribution is 6.51. The molecule has 0 bridgehead atoms. The Hall–Kier alpha value is -4.06. The van der Waals surface area contributed by atoms with Crippen LogP contribution in [0.1, 0.15) is 42.1 Å². The van der Waals surface area contributed by atoms with Gasteiger partial charge >= 0.3 is 0 Å². The molecule has 186 valence electrons. The highest BCUT2D eigenvalue weighted by atomic mass is 16.5. The average molecular weight is 486 g/mol. The van der Waals surface area contributed by atoms with Crippen molar-refractivity contribution in [1.29, 1.82) is 0 Å². The van der Waals surface area contributed by atoms with Crippen molar-refractivity contribution < 1.29 is 24.2 Å². The van der Waals surface area contributed by atoms with Gasteiger partial charge in [0.15, 0.2) is 0 Å². The molecule has 1 saturated heterocycles. The number of carbonyl (C=O) groups excluding carboxylic acids is 2. The quantitative estimate of drug-likeness (QED) is 0.253. The van der Waals surface area contributed by atoms with Crippen molar-refractivity contribution in [3.8, 4) is 11.5 Å². The van der Waals surface area contributed by atoms with Gasteiger partial charge in [-0.05, 0) is 61.2 Å². The van der Waals surface area contributed by atoms with Gasteiger partial charge in [-0.1, -0.05) is 49.7 Å². The minimum atomic E-state index is -0.797. The molecule has 1 heterocycles. The summed E-state index contributed by atoms with van der Waals surface area (Å²) in [6.45, 7) is 8.55. The zero-order valence-electron chi connectivity index (χ0n) is 21.2. The molecule has 0 spiro atoms. The minimum absolute atomic E-state index is 0.0451. The molecule has 6 nitrogen and oxygen atoms in total. The second-order valence-electron chi connectivity index (χ2n) is 9.47. The second-order valence-corrected chi connectivity index (χ2v) is 9.47. The first-order valence-corrected chi connectivity index (χ1v) is 12.0. The molecule has 1 N–H and O–H groups in total. The summed E-state index contributed by atoms with van der Waals surface area (Å²) in [5.41, 5.74) is 3.54. The van der Waals surface area contributed by atoms with E-state index in [-0.39, 0.29) is 11.3 Å². The van der Waals surface area contributed by atoms with E-state index in [1.165, 1.54) is 4.90 Å². The molecule has 1 unspecified atom stereocenters. The van der Waals surface area contributed by atoms with Crippen LogP contribution in [-0.2, 0) is 9.59 Å². The smallest absolute Gasteiger partial charge is 0.300 e. The first kappa shape index (κ1) is 25.0. The highest BCUT2D eigenvalue weighted by Crippen LogP contribution is 2.43. The molecule has 0 aliphatic carbocycles. The second kappa shape index (κ2) is 10.3. The van der Waals surface area contributed by atoms with Gasteiger partial charge in [-0.2, -0.15) is 0 Å². The first-order chi connectivity index (χ1) is 17.2. The van der Waals surface area contributed by atoms with Crippen LogP contribution in [0.4, 0.5) is 5.69 Å². The Morgan fingerprint density at radius 1 is 1.00 bits per heavy atom. The molecule has 0 radical (unpaired) electrons. The molecule has 1 aliphatic heterocycles. The Labute approximate surface area is 211 Å². The fourth-order valence-electron chi connectivity index (χ4n) is 4.39. The summed E-state index contributed by atoms with van der Waals surface area (Å²) in [6.07, 6.45) is 0. The van der Waals surface area contributed by atoms with E-state index in [1.807, 2.05) is 38.1 Å². The van der Waals surface area contributed by atoms with E-state index >= 15 is 0 Å². The van der Waals surface area contributed by atoms with Crippen molar-refractivity contribution >= 4 is 23.1 Å². The van der Waals surface area contributed by atoms with Gasteiger partial charge in [0.2, 0.25) is 0 Å². The number of aryl methyl sites for hydroxylation is 2. The van der Waals surface area contributed by atoms with Gasteiger partial charge in [0.05, 0.1) is 25.3 Å². The molecule has 0 saturated carbocycles. The molecule has 36 heavy (non-hydrogen) atoms. The third-order valence-electron chi connectivity index (χ3n) is 6.15. The summed E-state index contributed by atoms with van der Waals surface area (Å²) >= 11 is 0. The van der Waals surface area contributed by atoms with E-state index in [1.54, 1.807) is 49.6 Å². The summed E-state index contributed by atoms with van der Waals surface area (Å²) in [5.74, 6) is -0.00925. The molecule has 1 aliphatic rings. The maximum atomic E-state index is 13.4. The maximum absolute atomic E-state index is 13.4. The van der Waals surface area contributed by atoms with Crippen LogP contribution in [0.3, 0.4) is 0 Å². The van der Waals surface area contributed by atoms with Crippen molar-refractivity contribution in [3.63, 3.8) is 0 Å². The van der Waals surface area contributed by atoms with Gasteiger partial charge in [0.25, 0.3) is 11.7 Å². The number of aliphatic hydroxyl groups is 1. The van der Waals surface area contributed by atoms with Crippen molar-refractivity contribution in [2.24, 2.45) is 5.92 Å². The monoisotopic (exact) mass is 485 g/mol. The number of carbonyl (C=O) groups is 2. The third-order valence-corrected chi connectivity index (χ3v) is 6.15. The van der Waals surface area contributed by atoms with Gasteiger partial charge < -0.3 is 14.6 Å². The number of ketones is 1. The molecule has 3 aromatic carbocycles. The van der Waals surface area contributed by atoms with Gasteiger partial charge in [0, 0.05) is 17.3 Å². The van der Waals surface area contributed by atoms with Crippen LogP contribution in [0, 0.1) is 19.8 Å². The van der Waals surface area contributed by atoms with Crippen molar-refractivity contribution in [3.05, 3.63) is 94.6 Å². The van der Waals surface area contributed by atoms with Gasteiger partial charge in [-0.25, -0.2) is 0 Å². The van der Waals surface area contributed by atoms with Crippen LogP contribution < -0.4 is 14.4 Å². The predicted octanol–water partition coefficient (Wildman–Crippen LogP) is 5.97. The van der Waals surface area contributed by atoms with Crippen LogP contribution >= 0.6 is 0 Å². The molecule has 0 aromatic heterocycles. The van der Waals surface area contributed by atoms with E-state index < -0.39 is 17.7 Å². The highest BCUT2D eigenvalue weighted by Gasteiger charge is 2.47. The SMILES string of the molecule is COc1cccc(N2C(=O)C(=O)/C(=C(/O)c3ccc(OCC(C)C)c(C)c3)C2c2cccc(C)c2)c1. The van der Waals surface area contributed by atoms with Crippen LogP contribution in [-0.4, -0.2) is 30.5 Å². The topological polar surface area (TPSA) is 76.1 Å². The van der Waals surface area contributed by atoms with Crippen LogP contribution in [0.2, 0.25) is 0 Å². The Kier molecular flexibility index (Phi) is 7.15. The summed E-state index contributed by atoms with van der Waals surface area (Å²) in [6, 6.07) is 19.1. The zero-order chi connectivity index (χ0) is 26.0. The largest absolute Gasteiger partial charge is 0.507 e. The van der Waals surface area contributed by atoms with Gasteiger partial charge in [0.1, 0.15) is 17.3 Å². The van der Waals surface area contributed by atoms with Crippen molar-refractivity contribution in [2.75, 3.05) is 18.6 Å². The van der Waals surface area contributed by atoms with Crippen molar-refractivity contribution in [1.82, 2.24) is 0 Å². The lowest BCUT2D eigenvalue weighted by molar-refractivity contribution is -0.132. The van der Waals surface area contributed by atoms with E-state index in [2.05, 4.69) is 13.8 Å². The number of hydrogen-bond acceptors (Lipinski definition) is 5. The predicted molar refractivity (Wildman–Crippen MR) is 140 cm³/mol. The number of hydrogen-bond donors (Lipinski definition) is 1. The molecule has 6 heteroatoms. The lowest BCUT2D eigenvalue weighted by atomic mass is 9.94. The summed E-state index contributed by atoms with van der Waals surface area (Å²) in [7, 11) is 1.54. The average Bonchev–Trinajstić information content (AvgIpc) is 3.13. The number of benzene rings is 3. The molecule has 1 atom stereocenters.